The van der Waals surface area contributed by atoms with Crippen LogP contribution in [-0.4, -0.2) is 28.1 Å². The van der Waals surface area contributed by atoms with Gasteiger partial charge in [-0.2, -0.15) is 0 Å². The highest BCUT2D eigenvalue weighted by atomic mass is 127. The molecule has 0 saturated carbocycles. The molecule has 0 saturated heterocycles. The molecule has 2 aromatic rings. The number of nitrogens with zero attached hydrogens (tertiary/aromatic N) is 1. The summed E-state index contributed by atoms with van der Waals surface area (Å²) in [5.74, 6) is 0.561. The van der Waals surface area contributed by atoms with E-state index in [1.165, 1.54) is 11.8 Å². The van der Waals surface area contributed by atoms with E-state index in [9.17, 15) is 4.79 Å². The van der Waals surface area contributed by atoms with Gasteiger partial charge in [0, 0.05) is 20.7 Å². The van der Waals surface area contributed by atoms with Gasteiger partial charge in [-0.3, -0.25) is 9.78 Å². The van der Waals surface area contributed by atoms with Crippen LogP contribution in [0.2, 0.25) is 0 Å². The Morgan fingerprint density at radius 1 is 1.35 bits per heavy atom. The number of amides is 1. The number of benzene rings is 1. The lowest BCUT2D eigenvalue weighted by Crippen LogP contribution is -2.46. The molecule has 1 unspecified atom stereocenters. The van der Waals surface area contributed by atoms with E-state index in [1.807, 2.05) is 52.3 Å². The van der Waals surface area contributed by atoms with Crippen LogP contribution in [0.3, 0.4) is 0 Å². The summed E-state index contributed by atoms with van der Waals surface area (Å²) in [6.45, 7) is 7.86. The minimum absolute atomic E-state index is 0.122. The van der Waals surface area contributed by atoms with Gasteiger partial charge in [-0.15, -0.1) is 11.8 Å². The molecule has 0 bridgehead atoms. The summed E-state index contributed by atoms with van der Waals surface area (Å²) >= 11 is 3.61. The monoisotopic (exact) mass is 444 g/mol. The van der Waals surface area contributed by atoms with Gasteiger partial charge in [-0.1, -0.05) is 0 Å². The number of thioether (sulfide) groups is 1. The molecule has 0 aliphatic carbocycles. The molecule has 0 fully saturated rings. The minimum atomic E-state index is -0.582. The van der Waals surface area contributed by atoms with E-state index in [1.54, 1.807) is 0 Å². The Labute approximate surface area is 154 Å². The lowest BCUT2D eigenvalue weighted by Gasteiger charge is -2.24. The van der Waals surface area contributed by atoms with Crippen LogP contribution < -0.4 is 10.1 Å². The Balaban J connectivity index is 2.27. The molecule has 1 N–H and O–H groups in total. The fraction of sp³-hybridized carbons (Fsp3) is 0.412. The zero-order chi connectivity index (χ0) is 17.2. The number of pyridine rings is 1. The van der Waals surface area contributed by atoms with Crippen LogP contribution in [-0.2, 0) is 4.79 Å². The molecule has 1 aromatic heterocycles. The van der Waals surface area contributed by atoms with E-state index < -0.39 is 5.44 Å². The van der Waals surface area contributed by atoms with Gasteiger partial charge in [0.25, 0.3) is 5.91 Å². The maximum atomic E-state index is 12.3. The second kappa shape index (κ2) is 7.25. The smallest absolute Gasteiger partial charge is 0.272 e. The predicted octanol–water partition coefficient (Wildman–Crippen LogP) is 4.13. The van der Waals surface area contributed by atoms with Crippen LogP contribution in [0.15, 0.2) is 24.4 Å². The number of carbonyl (C=O) groups excluding carboxylic acids is 1. The molecule has 124 valence electrons. The third kappa shape index (κ3) is 4.97. The van der Waals surface area contributed by atoms with Crippen molar-refractivity contribution < 1.29 is 9.53 Å². The molecule has 0 aliphatic heterocycles. The van der Waals surface area contributed by atoms with E-state index in [2.05, 4.69) is 39.0 Å². The van der Waals surface area contributed by atoms with Crippen molar-refractivity contribution in [3.05, 3.63) is 33.5 Å². The maximum Gasteiger partial charge on any atom is 0.272 e. The third-order valence-electron chi connectivity index (χ3n) is 3.08. The van der Waals surface area contributed by atoms with Crippen LogP contribution in [0.4, 0.5) is 0 Å². The molecule has 0 radical (unpaired) electrons. The van der Waals surface area contributed by atoms with Crippen molar-refractivity contribution in [3.63, 3.8) is 0 Å². The number of hydrogen-bond acceptors (Lipinski definition) is 4. The fourth-order valence-electron chi connectivity index (χ4n) is 2.20. The van der Waals surface area contributed by atoms with Crippen molar-refractivity contribution in [1.29, 1.82) is 0 Å². The van der Waals surface area contributed by atoms with Crippen LogP contribution in [0.5, 0.6) is 5.75 Å². The molecule has 1 aromatic carbocycles. The van der Waals surface area contributed by atoms with E-state index in [0.29, 0.717) is 5.75 Å². The van der Waals surface area contributed by atoms with Gasteiger partial charge in [0.2, 0.25) is 5.44 Å². The Morgan fingerprint density at radius 2 is 2.04 bits per heavy atom. The second-order valence-corrected chi connectivity index (χ2v) is 8.54. The number of carbonyl (C=O) groups is 1. The number of rotatable bonds is 4. The Morgan fingerprint density at radius 3 is 2.65 bits per heavy atom. The van der Waals surface area contributed by atoms with Crippen LogP contribution >= 0.6 is 34.4 Å². The summed E-state index contributed by atoms with van der Waals surface area (Å²) in [7, 11) is 0. The Hall–Kier alpha value is -1.02. The number of nitrogens with one attached hydrogen (secondary N) is 1. The first kappa shape index (κ1) is 18.3. The summed E-state index contributed by atoms with van der Waals surface area (Å²) in [4.78, 5) is 16.8. The van der Waals surface area contributed by atoms with Gasteiger partial charge in [-0.25, -0.2) is 0 Å². The normalized spacial score (nSPS) is 13.0. The number of ether oxygens (including phenoxy) is 1. The number of aryl methyl sites for hydroxylation is 1. The van der Waals surface area contributed by atoms with Crippen LogP contribution in [0.25, 0.3) is 10.9 Å². The van der Waals surface area contributed by atoms with Gasteiger partial charge >= 0.3 is 0 Å². The molecule has 0 aliphatic rings. The van der Waals surface area contributed by atoms with Gasteiger partial charge in [0.1, 0.15) is 5.75 Å². The van der Waals surface area contributed by atoms with Gasteiger partial charge in [0.05, 0.1) is 5.52 Å². The fourth-order valence-corrected chi connectivity index (χ4v) is 3.16. The van der Waals surface area contributed by atoms with Crippen molar-refractivity contribution in [2.75, 3.05) is 6.26 Å². The largest absolute Gasteiger partial charge is 0.470 e. The molecule has 6 heteroatoms. The first-order valence-corrected chi connectivity index (χ1v) is 9.63. The van der Waals surface area contributed by atoms with Crippen molar-refractivity contribution in [2.45, 2.75) is 38.7 Å². The van der Waals surface area contributed by atoms with Crippen molar-refractivity contribution in [3.8, 4) is 5.75 Å². The topological polar surface area (TPSA) is 51.2 Å². The molecule has 0 spiro atoms. The lowest BCUT2D eigenvalue weighted by atomic mass is 10.1. The van der Waals surface area contributed by atoms with Crippen LogP contribution in [0, 0.1) is 10.5 Å². The molecule has 23 heavy (non-hydrogen) atoms. The van der Waals surface area contributed by atoms with Crippen molar-refractivity contribution >= 4 is 51.2 Å². The predicted molar refractivity (Wildman–Crippen MR) is 105 cm³/mol. The van der Waals surface area contributed by atoms with Crippen LogP contribution in [0.1, 0.15) is 26.3 Å². The lowest BCUT2D eigenvalue weighted by molar-refractivity contribution is -0.125. The Bertz CT molecular complexity index is 728. The second-order valence-electron chi connectivity index (χ2n) is 6.39. The SMILES string of the molecule is CSC(Oc1cc(C)c2ncc(I)cc2c1)C(=O)NC(C)(C)C. The van der Waals surface area contributed by atoms with E-state index >= 15 is 0 Å². The molecular formula is C17H21IN2O2S. The van der Waals surface area contributed by atoms with Gasteiger partial charge in [0.15, 0.2) is 0 Å². The molecular weight excluding hydrogens is 423 g/mol. The summed E-state index contributed by atoms with van der Waals surface area (Å²) < 4.78 is 6.99. The maximum absolute atomic E-state index is 12.3. The third-order valence-corrected chi connectivity index (χ3v) is 4.41. The van der Waals surface area contributed by atoms with Crippen molar-refractivity contribution in [1.82, 2.24) is 10.3 Å². The van der Waals surface area contributed by atoms with Crippen molar-refractivity contribution in [2.24, 2.45) is 0 Å². The first-order chi connectivity index (χ1) is 10.7. The Kier molecular flexibility index (Phi) is 5.78. The summed E-state index contributed by atoms with van der Waals surface area (Å²) in [6, 6.07) is 5.92. The molecule has 2 rings (SSSR count). The first-order valence-electron chi connectivity index (χ1n) is 7.27. The molecule has 1 atom stereocenters. The number of hydrogen-bond donors (Lipinski definition) is 1. The van der Waals surface area contributed by atoms with Gasteiger partial charge in [-0.05, 0) is 80.3 Å². The molecule has 1 heterocycles. The molecule has 4 nitrogen and oxygen atoms in total. The zero-order valence-corrected chi connectivity index (χ0v) is 16.9. The number of halogens is 1. The average Bonchev–Trinajstić information content (AvgIpc) is 2.42. The summed E-state index contributed by atoms with van der Waals surface area (Å²) in [5, 5.41) is 3.97. The van der Waals surface area contributed by atoms with E-state index in [0.717, 1.165) is 20.0 Å². The highest BCUT2D eigenvalue weighted by Crippen LogP contribution is 2.27. The van der Waals surface area contributed by atoms with Gasteiger partial charge < -0.3 is 10.1 Å². The minimum Gasteiger partial charge on any atom is -0.470 e. The average molecular weight is 444 g/mol. The number of aromatic nitrogens is 1. The number of fused-ring (bicyclic) bond motifs is 1. The standard InChI is InChI=1S/C17H21IN2O2S/c1-10-6-13(8-11-7-12(18)9-19-14(10)11)22-16(23-5)15(21)20-17(2,3)4/h6-9,16H,1-5H3,(H,20,21). The molecule has 1 amide bonds. The summed E-state index contributed by atoms with van der Waals surface area (Å²) in [5.41, 5.74) is 1.12. The zero-order valence-electron chi connectivity index (χ0n) is 13.9. The van der Waals surface area contributed by atoms with E-state index in [4.69, 9.17) is 4.74 Å². The quantitative estimate of drug-likeness (QED) is 0.569. The highest BCUT2D eigenvalue weighted by Gasteiger charge is 2.24. The summed E-state index contributed by atoms with van der Waals surface area (Å²) in [6.07, 6.45) is 3.71. The highest BCUT2D eigenvalue weighted by molar-refractivity contribution is 14.1. The van der Waals surface area contributed by atoms with E-state index in [-0.39, 0.29) is 11.4 Å².